The maximum atomic E-state index is 13.6. The third kappa shape index (κ3) is 7.89. The molecule has 4 N–H and O–H groups in total. The van der Waals surface area contributed by atoms with Crippen LogP contribution in [0.4, 0.5) is 0 Å². The number of aryl methyl sites for hydroxylation is 1. The van der Waals surface area contributed by atoms with Gasteiger partial charge in [0, 0.05) is 12.5 Å². The summed E-state index contributed by atoms with van der Waals surface area (Å²) in [5.74, 6) is -1.38. The van der Waals surface area contributed by atoms with E-state index in [1.54, 1.807) is 38.3 Å². The third-order valence-electron chi connectivity index (χ3n) is 7.24. The molecule has 1 aromatic heterocycles. The van der Waals surface area contributed by atoms with Gasteiger partial charge in [-0.1, -0.05) is 43.0 Å². The van der Waals surface area contributed by atoms with Crippen LogP contribution in [0.15, 0.2) is 34.9 Å². The highest BCUT2D eigenvalue weighted by Crippen LogP contribution is 2.30. The molecule has 0 spiro atoms. The predicted molar refractivity (Wildman–Crippen MR) is 141 cm³/mol. The molecular weight excluding hydrogens is 520 g/mol. The highest BCUT2D eigenvalue weighted by molar-refractivity contribution is 5.98. The number of nitrogens with one attached hydrogen (secondary N) is 3. The van der Waals surface area contributed by atoms with Gasteiger partial charge in [0.25, 0.3) is 5.91 Å². The molecule has 1 aliphatic carbocycles. The van der Waals surface area contributed by atoms with Gasteiger partial charge in [0.05, 0.1) is 32.1 Å². The van der Waals surface area contributed by atoms with E-state index in [-0.39, 0.29) is 18.0 Å². The standard InChI is InChI=1S/C28H36N4O8/c1-16-11-23(40-32-16)28(37)31-22(14-33)27(36)30-21(13-18-7-9-19(38-2)10-8-18)26(35)29-20(25(34)24-15-39-24)12-17-5-3-4-6-17/h7-11,17,20-22,24,33H,3-6,12-15H2,1-2H3,(H,29,35)(H,30,36)(H,31,37)/t20-,21-,22+,24+/m0/s1. The van der Waals surface area contributed by atoms with Gasteiger partial charge in [0.15, 0.2) is 5.78 Å². The molecule has 1 saturated carbocycles. The minimum atomic E-state index is -1.36. The lowest BCUT2D eigenvalue weighted by molar-refractivity contribution is -0.132. The van der Waals surface area contributed by atoms with Crippen molar-refractivity contribution in [1.82, 2.24) is 21.1 Å². The zero-order valence-corrected chi connectivity index (χ0v) is 22.7. The molecule has 4 rings (SSSR count). The highest BCUT2D eigenvalue weighted by Gasteiger charge is 2.39. The van der Waals surface area contributed by atoms with Gasteiger partial charge >= 0.3 is 0 Å². The number of carbonyl (C=O) groups is 4. The minimum absolute atomic E-state index is 0.0965. The molecule has 2 aliphatic rings. The van der Waals surface area contributed by atoms with E-state index in [1.807, 2.05) is 0 Å². The normalized spacial score (nSPS) is 18.8. The van der Waals surface area contributed by atoms with E-state index in [4.69, 9.17) is 14.0 Å². The Hall–Kier alpha value is -3.77. The Kier molecular flexibility index (Phi) is 9.88. The van der Waals surface area contributed by atoms with Gasteiger partial charge < -0.3 is 35.1 Å². The fourth-order valence-electron chi connectivity index (χ4n) is 4.91. The molecule has 40 heavy (non-hydrogen) atoms. The molecule has 1 saturated heterocycles. The SMILES string of the molecule is COc1ccc(C[C@H](NC(=O)[C@@H](CO)NC(=O)c2cc(C)no2)C(=O)N[C@@H](CC2CCCC2)C(=O)[C@H]2CO2)cc1. The minimum Gasteiger partial charge on any atom is -0.497 e. The van der Waals surface area contributed by atoms with Gasteiger partial charge in [-0.05, 0) is 37.0 Å². The van der Waals surface area contributed by atoms with Crippen molar-refractivity contribution in [3.05, 3.63) is 47.3 Å². The van der Waals surface area contributed by atoms with E-state index in [0.29, 0.717) is 30.4 Å². The number of amides is 3. The van der Waals surface area contributed by atoms with Crippen molar-refractivity contribution < 1.29 is 38.3 Å². The molecule has 4 atom stereocenters. The monoisotopic (exact) mass is 556 g/mol. The van der Waals surface area contributed by atoms with E-state index in [0.717, 1.165) is 31.2 Å². The van der Waals surface area contributed by atoms with E-state index in [2.05, 4.69) is 21.1 Å². The summed E-state index contributed by atoms with van der Waals surface area (Å²) < 4.78 is 15.3. The Morgan fingerprint density at radius 1 is 1.02 bits per heavy atom. The smallest absolute Gasteiger partial charge is 0.290 e. The molecule has 12 heteroatoms. The summed E-state index contributed by atoms with van der Waals surface area (Å²) >= 11 is 0. The Morgan fingerprint density at radius 2 is 1.68 bits per heavy atom. The maximum Gasteiger partial charge on any atom is 0.290 e. The fraction of sp³-hybridized carbons (Fsp3) is 0.536. The first-order valence-corrected chi connectivity index (χ1v) is 13.5. The topological polar surface area (TPSA) is 172 Å². The first kappa shape index (κ1) is 29.2. The van der Waals surface area contributed by atoms with Crippen LogP contribution >= 0.6 is 0 Å². The summed E-state index contributed by atoms with van der Waals surface area (Å²) in [6.45, 7) is 1.26. The second-order valence-corrected chi connectivity index (χ2v) is 10.3. The van der Waals surface area contributed by atoms with Crippen LogP contribution in [0.25, 0.3) is 0 Å². The number of aromatic nitrogens is 1. The van der Waals surface area contributed by atoms with Crippen molar-refractivity contribution in [1.29, 1.82) is 0 Å². The number of epoxide rings is 1. The molecule has 216 valence electrons. The van der Waals surface area contributed by atoms with Gasteiger partial charge in [0.2, 0.25) is 17.6 Å². The summed E-state index contributed by atoms with van der Waals surface area (Å²) in [6.07, 6.45) is 4.28. The maximum absolute atomic E-state index is 13.6. The molecule has 2 heterocycles. The molecular formula is C28H36N4O8. The zero-order chi connectivity index (χ0) is 28.6. The van der Waals surface area contributed by atoms with Crippen LogP contribution in [0.3, 0.4) is 0 Å². The van der Waals surface area contributed by atoms with Gasteiger partial charge in [-0.2, -0.15) is 0 Å². The second-order valence-electron chi connectivity index (χ2n) is 10.3. The number of Topliss-reactive ketones (excluding diaryl/α,β-unsaturated/α-hetero) is 1. The number of benzene rings is 1. The molecule has 2 aromatic rings. The van der Waals surface area contributed by atoms with Gasteiger partial charge in [-0.25, -0.2) is 0 Å². The number of carbonyl (C=O) groups excluding carboxylic acids is 4. The predicted octanol–water partition coefficient (Wildman–Crippen LogP) is 0.843. The number of nitrogens with zero attached hydrogens (tertiary/aromatic N) is 1. The first-order chi connectivity index (χ1) is 19.3. The van der Waals surface area contributed by atoms with Crippen molar-refractivity contribution in [3.63, 3.8) is 0 Å². The van der Waals surface area contributed by atoms with E-state index in [1.165, 1.54) is 6.07 Å². The zero-order valence-electron chi connectivity index (χ0n) is 22.7. The quantitative estimate of drug-likeness (QED) is 0.246. The summed E-state index contributed by atoms with van der Waals surface area (Å²) in [5, 5.41) is 21.4. The lowest BCUT2D eigenvalue weighted by atomic mass is 9.94. The van der Waals surface area contributed by atoms with Gasteiger partial charge in [-0.15, -0.1) is 0 Å². The van der Waals surface area contributed by atoms with Crippen molar-refractivity contribution >= 4 is 23.5 Å². The van der Waals surface area contributed by atoms with Crippen molar-refractivity contribution in [2.75, 3.05) is 20.3 Å². The fourth-order valence-corrected chi connectivity index (χ4v) is 4.91. The number of ether oxygens (including phenoxy) is 2. The lowest BCUT2D eigenvalue weighted by Crippen LogP contribution is -2.57. The number of hydrogen-bond acceptors (Lipinski definition) is 9. The second kappa shape index (κ2) is 13.5. The van der Waals surface area contributed by atoms with E-state index < -0.39 is 48.6 Å². The van der Waals surface area contributed by atoms with Crippen LogP contribution in [0.2, 0.25) is 0 Å². The molecule has 1 aromatic carbocycles. The highest BCUT2D eigenvalue weighted by atomic mass is 16.6. The number of hydrogen-bond donors (Lipinski definition) is 4. The molecule has 0 radical (unpaired) electrons. The summed E-state index contributed by atoms with van der Waals surface area (Å²) in [5.41, 5.74) is 1.21. The first-order valence-electron chi connectivity index (χ1n) is 13.5. The molecule has 1 aliphatic heterocycles. The van der Waals surface area contributed by atoms with Crippen LogP contribution in [0.5, 0.6) is 5.75 Å². The number of methoxy groups -OCH3 is 1. The third-order valence-corrected chi connectivity index (χ3v) is 7.24. The lowest BCUT2D eigenvalue weighted by Gasteiger charge is -2.26. The molecule has 0 unspecified atom stereocenters. The largest absolute Gasteiger partial charge is 0.497 e. The number of aliphatic hydroxyl groups is 1. The Morgan fingerprint density at radius 3 is 2.25 bits per heavy atom. The van der Waals surface area contributed by atoms with Gasteiger partial charge in [0.1, 0.15) is 23.9 Å². The van der Waals surface area contributed by atoms with Crippen LogP contribution in [0, 0.1) is 12.8 Å². The summed E-state index contributed by atoms with van der Waals surface area (Å²) in [4.78, 5) is 52.2. The molecule has 12 nitrogen and oxygen atoms in total. The molecule has 2 fully saturated rings. The number of aliphatic hydroxyl groups excluding tert-OH is 1. The average molecular weight is 557 g/mol. The van der Waals surface area contributed by atoms with Crippen molar-refractivity contribution in [2.24, 2.45) is 5.92 Å². The Balaban J connectivity index is 1.49. The average Bonchev–Trinajstić information content (AvgIpc) is 3.50. The number of ketones is 1. The Labute approximate surface area is 232 Å². The van der Waals surface area contributed by atoms with Crippen LogP contribution in [-0.4, -0.2) is 78.3 Å². The Bertz CT molecular complexity index is 1190. The van der Waals surface area contributed by atoms with Crippen molar-refractivity contribution in [3.8, 4) is 5.75 Å². The molecule has 3 amide bonds. The van der Waals surface area contributed by atoms with Crippen molar-refractivity contribution in [2.45, 2.75) is 69.7 Å². The van der Waals surface area contributed by atoms with E-state index >= 15 is 0 Å². The number of rotatable bonds is 14. The van der Waals surface area contributed by atoms with Crippen LogP contribution in [0.1, 0.15) is 53.9 Å². The molecule has 0 bridgehead atoms. The van der Waals surface area contributed by atoms with E-state index in [9.17, 15) is 24.3 Å². The van der Waals surface area contributed by atoms with Gasteiger partial charge in [-0.3, -0.25) is 19.2 Å². The summed E-state index contributed by atoms with van der Waals surface area (Å²) in [7, 11) is 1.54. The van der Waals surface area contributed by atoms with Crippen LogP contribution < -0.4 is 20.7 Å². The summed E-state index contributed by atoms with van der Waals surface area (Å²) in [6, 6.07) is 5.20. The van der Waals surface area contributed by atoms with Crippen LogP contribution in [-0.2, 0) is 25.5 Å².